The molecule has 14 nitrogen and oxygen atoms in total. The van der Waals surface area contributed by atoms with Crippen molar-refractivity contribution in [2.45, 2.75) is 32.2 Å². The molecule has 0 rings (SSSR count). The Morgan fingerprint density at radius 2 is 1.24 bits per heavy atom. The molecule has 0 aromatic carbocycles. The molecule has 0 aromatic heterocycles. The second kappa shape index (κ2) is 22.4. The normalized spacial score (nSPS) is 11.6. The summed E-state index contributed by atoms with van der Waals surface area (Å²) in [6, 6.07) is -0.792. The number of amides is 3. The van der Waals surface area contributed by atoms with Crippen LogP contribution in [0.3, 0.4) is 0 Å². The van der Waals surface area contributed by atoms with Crippen molar-refractivity contribution in [1.29, 1.82) is 0 Å². The van der Waals surface area contributed by atoms with Crippen LogP contribution in [0.25, 0.3) is 0 Å². The number of carboxylic acid groups (broad SMARTS) is 1. The summed E-state index contributed by atoms with van der Waals surface area (Å²) >= 11 is 0. The summed E-state index contributed by atoms with van der Waals surface area (Å²) in [6.45, 7) is 4.19. The molecular formula is C20H39N5O9. The van der Waals surface area contributed by atoms with Gasteiger partial charge in [-0.3, -0.25) is 25.0 Å². The molecule has 0 saturated carbocycles. The topological polar surface area (TPSA) is 200 Å². The van der Waals surface area contributed by atoms with Crippen LogP contribution in [-0.2, 0) is 38.1 Å². The molecule has 0 aliphatic heterocycles. The van der Waals surface area contributed by atoms with Crippen LogP contribution in [0.2, 0.25) is 0 Å². The number of aliphatic carboxylic acids is 1. The first-order valence-corrected chi connectivity index (χ1v) is 11.1. The van der Waals surface area contributed by atoms with Gasteiger partial charge < -0.3 is 40.0 Å². The van der Waals surface area contributed by atoms with Crippen LogP contribution in [0.5, 0.6) is 0 Å². The van der Waals surface area contributed by atoms with Gasteiger partial charge in [0, 0.05) is 26.6 Å². The van der Waals surface area contributed by atoms with Gasteiger partial charge in [-0.05, 0) is 19.3 Å². The molecule has 0 bridgehead atoms. The van der Waals surface area contributed by atoms with Gasteiger partial charge in [0.15, 0.2) is 0 Å². The van der Waals surface area contributed by atoms with E-state index in [9.17, 15) is 19.2 Å². The molecule has 1 atom stereocenters. The van der Waals surface area contributed by atoms with E-state index in [1.165, 1.54) is 6.92 Å². The minimum absolute atomic E-state index is 0.0860. The lowest BCUT2D eigenvalue weighted by Gasteiger charge is -2.10. The van der Waals surface area contributed by atoms with Gasteiger partial charge >= 0.3 is 5.97 Å². The van der Waals surface area contributed by atoms with Gasteiger partial charge in [-0.25, -0.2) is 5.43 Å². The number of hydrogen-bond donors (Lipinski definition) is 6. The van der Waals surface area contributed by atoms with Crippen LogP contribution in [0.4, 0.5) is 0 Å². The standard InChI is InChI=1S/C20H39N5O9/c1-16(26)22-6-8-31-10-12-34-15-19(28)24-7-9-32-11-13-33-14-18(27)23-5-3-2-4-17(25-21)20(29)30/h17,25H,2-15,21H2,1H3,(H,22,26)(H,23,27)(H,24,28)(H,29,30)/t17-/m0/s1. The molecular weight excluding hydrogens is 454 g/mol. The largest absolute Gasteiger partial charge is 0.480 e. The Bertz CT molecular complexity index is 581. The lowest BCUT2D eigenvalue weighted by Crippen LogP contribution is -2.41. The fourth-order valence-electron chi connectivity index (χ4n) is 2.41. The smallest absolute Gasteiger partial charge is 0.322 e. The second-order valence-electron chi connectivity index (χ2n) is 7.07. The number of rotatable bonds is 23. The molecule has 0 saturated heterocycles. The van der Waals surface area contributed by atoms with Crippen molar-refractivity contribution in [2.24, 2.45) is 5.84 Å². The summed E-state index contributed by atoms with van der Waals surface area (Å²) in [4.78, 5) is 44.7. The van der Waals surface area contributed by atoms with E-state index in [-0.39, 0.29) is 50.8 Å². The molecule has 0 heterocycles. The minimum Gasteiger partial charge on any atom is -0.480 e. The van der Waals surface area contributed by atoms with Crippen molar-refractivity contribution < 1.29 is 43.2 Å². The number of nitrogens with two attached hydrogens (primary N) is 1. The lowest BCUT2D eigenvalue weighted by molar-refractivity contribution is -0.139. The van der Waals surface area contributed by atoms with Gasteiger partial charge in [-0.2, -0.15) is 0 Å². The summed E-state index contributed by atoms with van der Waals surface area (Å²) in [7, 11) is 0. The van der Waals surface area contributed by atoms with Crippen LogP contribution in [0.15, 0.2) is 0 Å². The summed E-state index contributed by atoms with van der Waals surface area (Å²) in [6.07, 6.45) is 1.61. The first-order valence-electron chi connectivity index (χ1n) is 11.1. The fourth-order valence-corrected chi connectivity index (χ4v) is 2.41. The second-order valence-corrected chi connectivity index (χ2v) is 7.07. The molecule has 3 amide bonds. The lowest BCUT2D eigenvalue weighted by atomic mass is 10.1. The van der Waals surface area contributed by atoms with Gasteiger partial charge in [0.25, 0.3) is 0 Å². The van der Waals surface area contributed by atoms with Crippen LogP contribution in [0, 0.1) is 0 Å². The van der Waals surface area contributed by atoms with Crippen molar-refractivity contribution in [3.63, 3.8) is 0 Å². The van der Waals surface area contributed by atoms with Crippen LogP contribution in [0.1, 0.15) is 26.2 Å². The van der Waals surface area contributed by atoms with Gasteiger partial charge in [0.1, 0.15) is 19.3 Å². The predicted molar refractivity (Wildman–Crippen MR) is 121 cm³/mol. The zero-order valence-electron chi connectivity index (χ0n) is 19.8. The highest BCUT2D eigenvalue weighted by Crippen LogP contribution is 1.99. The van der Waals surface area contributed by atoms with E-state index in [0.29, 0.717) is 58.7 Å². The molecule has 7 N–H and O–H groups in total. The van der Waals surface area contributed by atoms with Crippen molar-refractivity contribution >= 4 is 23.7 Å². The van der Waals surface area contributed by atoms with Crippen molar-refractivity contribution in [3.05, 3.63) is 0 Å². The van der Waals surface area contributed by atoms with Gasteiger partial charge in [-0.15, -0.1) is 0 Å². The average molecular weight is 494 g/mol. The van der Waals surface area contributed by atoms with Crippen LogP contribution >= 0.6 is 0 Å². The Morgan fingerprint density at radius 1 is 0.735 bits per heavy atom. The number of carbonyl (C=O) groups excluding carboxylic acids is 3. The summed E-state index contributed by atoms with van der Waals surface area (Å²) in [5, 5.41) is 16.8. The highest BCUT2D eigenvalue weighted by molar-refractivity contribution is 5.77. The highest BCUT2D eigenvalue weighted by Gasteiger charge is 2.14. The molecule has 0 aliphatic carbocycles. The number of hydrazine groups is 1. The highest BCUT2D eigenvalue weighted by atomic mass is 16.5. The van der Waals surface area contributed by atoms with Gasteiger partial charge in [-0.1, -0.05) is 0 Å². The molecule has 0 spiro atoms. The number of ether oxygens (including phenoxy) is 4. The Hall–Kier alpha value is -2.36. The molecule has 14 heteroatoms. The molecule has 198 valence electrons. The van der Waals surface area contributed by atoms with Crippen LogP contribution < -0.4 is 27.2 Å². The van der Waals surface area contributed by atoms with Crippen molar-refractivity contribution in [2.75, 3.05) is 72.5 Å². The molecule has 0 fully saturated rings. The van der Waals surface area contributed by atoms with E-state index in [1.54, 1.807) is 0 Å². The molecule has 0 aromatic rings. The number of hydrogen-bond acceptors (Lipinski definition) is 10. The predicted octanol–water partition coefficient (Wildman–Crippen LogP) is -2.49. The fraction of sp³-hybridized carbons (Fsp3) is 0.800. The maximum atomic E-state index is 11.6. The SMILES string of the molecule is CC(=O)NCCOCCOCC(=O)NCCOCCOCC(=O)NCCCC[C@H](NN)C(=O)O. The number of carbonyl (C=O) groups is 4. The Morgan fingerprint density at radius 3 is 1.74 bits per heavy atom. The van der Waals surface area contributed by atoms with Crippen LogP contribution in [-0.4, -0.2) is 107 Å². The van der Waals surface area contributed by atoms with E-state index in [0.717, 1.165) is 0 Å². The minimum atomic E-state index is -1.01. The zero-order chi connectivity index (χ0) is 25.4. The van der Waals surface area contributed by atoms with Crippen molar-refractivity contribution in [1.82, 2.24) is 21.4 Å². The quantitative estimate of drug-likeness (QED) is 0.0500. The van der Waals surface area contributed by atoms with E-state index < -0.39 is 12.0 Å². The van der Waals surface area contributed by atoms with E-state index in [4.69, 9.17) is 29.9 Å². The monoisotopic (exact) mass is 493 g/mol. The Labute approximate surface area is 199 Å². The van der Waals surface area contributed by atoms with E-state index in [2.05, 4.69) is 21.4 Å². The Balaban J connectivity index is 3.38. The summed E-state index contributed by atoms with van der Waals surface area (Å²) in [5.74, 6) is 3.48. The number of unbranched alkanes of at least 4 members (excludes halogenated alkanes) is 1. The third-order valence-corrected chi connectivity index (χ3v) is 4.14. The third kappa shape index (κ3) is 21.5. The third-order valence-electron chi connectivity index (χ3n) is 4.14. The molecule has 0 radical (unpaired) electrons. The molecule has 0 unspecified atom stereocenters. The first-order chi connectivity index (χ1) is 16.4. The molecule has 0 aliphatic rings. The van der Waals surface area contributed by atoms with Crippen molar-refractivity contribution in [3.8, 4) is 0 Å². The first kappa shape index (κ1) is 31.6. The van der Waals surface area contributed by atoms with E-state index >= 15 is 0 Å². The van der Waals surface area contributed by atoms with E-state index in [1.807, 2.05) is 0 Å². The summed E-state index contributed by atoms with van der Waals surface area (Å²) in [5.41, 5.74) is 2.22. The summed E-state index contributed by atoms with van der Waals surface area (Å²) < 4.78 is 20.9. The Kier molecular flexibility index (Phi) is 20.9. The zero-order valence-corrected chi connectivity index (χ0v) is 19.8. The average Bonchev–Trinajstić information content (AvgIpc) is 2.79. The number of nitrogens with one attached hydrogen (secondary N) is 4. The van der Waals surface area contributed by atoms with Gasteiger partial charge in [0.05, 0.1) is 39.6 Å². The van der Waals surface area contributed by atoms with Gasteiger partial charge in [0.2, 0.25) is 17.7 Å². The maximum absolute atomic E-state index is 11.6. The maximum Gasteiger partial charge on any atom is 0.322 e. The number of carboxylic acids is 1. The molecule has 34 heavy (non-hydrogen) atoms.